The summed E-state index contributed by atoms with van der Waals surface area (Å²) in [5.74, 6) is -1.90. The molecule has 0 fully saturated rings. The molecule has 8 nitrogen and oxygen atoms in total. The number of hydrogen-bond donors (Lipinski definition) is 5. The third-order valence-corrected chi connectivity index (χ3v) is 3.52. The van der Waals surface area contributed by atoms with Crippen molar-refractivity contribution in [1.29, 1.82) is 0 Å². The second-order valence-electron chi connectivity index (χ2n) is 5.65. The molecule has 0 aromatic heterocycles. The predicted molar refractivity (Wildman–Crippen MR) is 88.5 cm³/mol. The van der Waals surface area contributed by atoms with Gasteiger partial charge in [0.2, 0.25) is 17.7 Å². The lowest BCUT2D eigenvalue weighted by molar-refractivity contribution is -0.132. The van der Waals surface area contributed by atoms with Crippen LogP contribution in [0, 0.1) is 0 Å². The number of aliphatic hydroxyl groups excluding tert-OH is 1. The van der Waals surface area contributed by atoms with Crippen molar-refractivity contribution in [2.24, 2.45) is 11.5 Å². The van der Waals surface area contributed by atoms with Crippen molar-refractivity contribution in [2.45, 2.75) is 44.5 Å². The van der Waals surface area contributed by atoms with Crippen LogP contribution in [0.25, 0.3) is 0 Å². The summed E-state index contributed by atoms with van der Waals surface area (Å²) in [6.07, 6.45) is -0.855. The lowest BCUT2D eigenvalue weighted by Crippen LogP contribution is -2.57. The normalized spacial score (nSPS) is 15.7. The highest BCUT2D eigenvalue weighted by Gasteiger charge is 2.27. The van der Waals surface area contributed by atoms with Gasteiger partial charge < -0.3 is 27.2 Å². The summed E-state index contributed by atoms with van der Waals surface area (Å²) in [5.41, 5.74) is 11.5. The van der Waals surface area contributed by atoms with Gasteiger partial charge >= 0.3 is 0 Å². The number of carbonyl (C=O) groups is 3. The highest BCUT2D eigenvalue weighted by Crippen LogP contribution is 2.05. The number of primary amides is 1. The van der Waals surface area contributed by atoms with Crippen LogP contribution in [0.2, 0.25) is 0 Å². The molecule has 3 amide bonds. The van der Waals surface area contributed by atoms with Crippen LogP contribution < -0.4 is 22.1 Å². The number of amides is 3. The van der Waals surface area contributed by atoms with Gasteiger partial charge in [-0.3, -0.25) is 14.4 Å². The number of hydrogen-bond acceptors (Lipinski definition) is 5. The van der Waals surface area contributed by atoms with Gasteiger partial charge in [0.15, 0.2) is 0 Å². The minimum atomic E-state index is -1.16. The minimum absolute atomic E-state index is 0.205. The lowest BCUT2D eigenvalue weighted by atomic mass is 10.0. The molecule has 1 aromatic rings. The van der Waals surface area contributed by atoms with Crippen LogP contribution in [-0.4, -0.2) is 47.1 Å². The van der Waals surface area contributed by atoms with Gasteiger partial charge in [-0.15, -0.1) is 0 Å². The van der Waals surface area contributed by atoms with Crippen LogP contribution in [0.3, 0.4) is 0 Å². The molecule has 1 aromatic carbocycles. The average Bonchev–Trinajstić information content (AvgIpc) is 2.53. The maximum Gasteiger partial charge on any atom is 0.243 e. The minimum Gasteiger partial charge on any atom is -0.391 e. The summed E-state index contributed by atoms with van der Waals surface area (Å²) in [6, 6.07) is 6.06. The molecule has 0 bridgehead atoms. The van der Waals surface area contributed by atoms with E-state index >= 15 is 0 Å². The average molecular weight is 336 g/mol. The number of rotatable bonds is 8. The van der Waals surface area contributed by atoms with Gasteiger partial charge in [0.05, 0.1) is 6.10 Å². The Balaban J connectivity index is 2.88. The molecule has 0 aliphatic heterocycles. The van der Waals surface area contributed by atoms with Gasteiger partial charge in [-0.05, 0) is 19.4 Å². The number of carbonyl (C=O) groups excluding carboxylic acids is 3. The SMILES string of the molecule is CC(O)[C@H](N)C(=O)N[C@@H](Cc1ccccc1)C(=O)N[C@@H](C)C(N)=O. The summed E-state index contributed by atoms with van der Waals surface area (Å²) in [7, 11) is 0. The fourth-order valence-electron chi connectivity index (χ4n) is 1.93. The van der Waals surface area contributed by atoms with Crippen molar-refractivity contribution < 1.29 is 19.5 Å². The summed E-state index contributed by atoms with van der Waals surface area (Å²) in [6.45, 7) is 2.83. The van der Waals surface area contributed by atoms with Crippen molar-refractivity contribution in [3.05, 3.63) is 35.9 Å². The summed E-state index contributed by atoms with van der Waals surface area (Å²) in [5, 5.41) is 14.3. The Kier molecular flexibility index (Phi) is 7.34. The predicted octanol–water partition coefficient (Wildman–Crippen LogP) is -1.59. The molecule has 0 radical (unpaired) electrons. The zero-order valence-corrected chi connectivity index (χ0v) is 13.7. The Labute approximate surface area is 140 Å². The molecule has 7 N–H and O–H groups in total. The van der Waals surface area contributed by atoms with Crippen molar-refractivity contribution in [1.82, 2.24) is 10.6 Å². The second-order valence-corrected chi connectivity index (χ2v) is 5.65. The van der Waals surface area contributed by atoms with Crippen molar-refractivity contribution >= 4 is 17.7 Å². The van der Waals surface area contributed by atoms with Crippen molar-refractivity contribution in [2.75, 3.05) is 0 Å². The largest absolute Gasteiger partial charge is 0.391 e. The molecule has 1 rings (SSSR count). The van der Waals surface area contributed by atoms with Gasteiger partial charge in [0.1, 0.15) is 18.1 Å². The van der Waals surface area contributed by atoms with E-state index in [2.05, 4.69) is 10.6 Å². The summed E-state index contributed by atoms with van der Waals surface area (Å²) >= 11 is 0. The van der Waals surface area contributed by atoms with E-state index in [1.54, 1.807) is 24.3 Å². The van der Waals surface area contributed by atoms with E-state index < -0.39 is 42.0 Å². The van der Waals surface area contributed by atoms with E-state index in [4.69, 9.17) is 11.5 Å². The standard InChI is InChI=1S/C16H24N4O4/c1-9(14(18)22)19-15(23)12(8-11-6-4-3-5-7-11)20-16(24)13(17)10(2)21/h3-7,9-10,12-13,21H,8,17H2,1-2H3,(H2,18,22)(H,19,23)(H,20,24)/t9-,10?,12-,13-/m0/s1. The Morgan fingerprint density at radius 2 is 1.67 bits per heavy atom. The fraction of sp³-hybridized carbons (Fsp3) is 0.438. The smallest absolute Gasteiger partial charge is 0.243 e. The first-order chi connectivity index (χ1) is 11.2. The van der Waals surface area contributed by atoms with Crippen molar-refractivity contribution in [3.63, 3.8) is 0 Å². The Morgan fingerprint density at radius 3 is 2.17 bits per heavy atom. The highest BCUT2D eigenvalue weighted by atomic mass is 16.3. The van der Waals surface area contributed by atoms with Crippen LogP contribution in [0.5, 0.6) is 0 Å². The maximum atomic E-state index is 12.4. The molecule has 0 saturated carbocycles. The molecule has 0 saturated heterocycles. The van der Waals surface area contributed by atoms with E-state index in [9.17, 15) is 19.5 Å². The van der Waals surface area contributed by atoms with Crippen LogP contribution in [0.4, 0.5) is 0 Å². The van der Waals surface area contributed by atoms with Gasteiger partial charge in [-0.25, -0.2) is 0 Å². The quantitative estimate of drug-likeness (QED) is 0.388. The van der Waals surface area contributed by atoms with Crippen LogP contribution in [0.1, 0.15) is 19.4 Å². The Hall–Kier alpha value is -2.45. The fourth-order valence-corrected chi connectivity index (χ4v) is 1.93. The first-order valence-corrected chi connectivity index (χ1v) is 7.60. The van der Waals surface area contributed by atoms with E-state index in [0.29, 0.717) is 0 Å². The van der Waals surface area contributed by atoms with E-state index in [0.717, 1.165) is 5.56 Å². The topological polar surface area (TPSA) is 148 Å². The molecular formula is C16H24N4O4. The third kappa shape index (κ3) is 5.98. The first kappa shape index (κ1) is 19.6. The Morgan fingerprint density at radius 1 is 1.08 bits per heavy atom. The van der Waals surface area contributed by atoms with Crippen LogP contribution >= 0.6 is 0 Å². The van der Waals surface area contributed by atoms with Gasteiger partial charge in [0.25, 0.3) is 0 Å². The number of nitrogens with two attached hydrogens (primary N) is 2. The zero-order chi connectivity index (χ0) is 18.3. The van der Waals surface area contributed by atoms with E-state index in [-0.39, 0.29) is 6.42 Å². The number of benzene rings is 1. The summed E-state index contributed by atoms with van der Waals surface area (Å²) < 4.78 is 0. The first-order valence-electron chi connectivity index (χ1n) is 7.60. The molecule has 24 heavy (non-hydrogen) atoms. The molecular weight excluding hydrogens is 312 g/mol. The van der Waals surface area contributed by atoms with E-state index in [1.807, 2.05) is 6.07 Å². The second kappa shape index (κ2) is 8.99. The molecule has 0 heterocycles. The van der Waals surface area contributed by atoms with E-state index in [1.165, 1.54) is 13.8 Å². The summed E-state index contributed by atoms with van der Waals surface area (Å²) in [4.78, 5) is 35.5. The zero-order valence-electron chi connectivity index (χ0n) is 13.7. The molecule has 0 aliphatic carbocycles. The molecule has 0 spiro atoms. The number of aliphatic hydroxyl groups is 1. The van der Waals surface area contributed by atoms with Crippen LogP contribution in [0.15, 0.2) is 30.3 Å². The molecule has 1 unspecified atom stereocenters. The monoisotopic (exact) mass is 336 g/mol. The van der Waals surface area contributed by atoms with Gasteiger partial charge in [0, 0.05) is 6.42 Å². The van der Waals surface area contributed by atoms with Crippen molar-refractivity contribution in [3.8, 4) is 0 Å². The molecule has 132 valence electrons. The Bertz CT molecular complexity index is 577. The van der Waals surface area contributed by atoms with Gasteiger partial charge in [-0.2, -0.15) is 0 Å². The van der Waals surface area contributed by atoms with Gasteiger partial charge in [-0.1, -0.05) is 30.3 Å². The lowest BCUT2D eigenvalue weighted by Gasteiger charge is -2.23. The third-order valence-electron chi connectivity index (χ3n) is 3.52. The highest BCUT2D eigenvalue weighted by molar-refractivity contribution is 5.92. The molecule has 0 aliphatic rings. The molecule has 4 atom stereocenters. The maximum absolute atomic E-state index is 12.4. The van der Waals surface area contributed by atoms with Crippen LogP contribution in [-0.2, 0) is 20.8 Å². The number of nitrogens with one attached hydrogen (secondary N) is 2. The molecule has 8 heteroatoms.